The minimum absolute atomic E-state index is 0.961. The molecule has 0 aliphatic heterocycles. The summed E-state index contributed by atoms with van der Waals surface area (Å²) >= 11 is 0. The number of nitrogens with one attached hydrogen (secondary N) is 1. The Bertz CT molecular complexity index is 505. The fourth-order valence-electron chi connectivity index (χ4n) is 2.39. The van der Waals surface area contributed by atoms with Crippen LogP contribution in [0, 0.1) is 6.92 Å². The zero-order valence-corrected chi connectivity index (χ0v) is 13.2. The normalized spacial score (nSPS) is 11.0. The molecule has 0 fully saturated rings. The van der Waals surface area contributed by atoms with Gasteiger partial charge < -0.3 is 10.2 Å². The Labute approximate surface area is 128 Å². The molecule has 0 radical (unpaired) electrons. The van der Waals surface area contributed by atoms with Crippen LogP contribution in [0.1, 0.15) is 23.1 Å². The van der Waals surface area contributed by atoms with Crippen LogP contribution in [-0.2, 0) is 13.1 Å². The van der Waals surface area contributed by atoms with E-state index in [0.29, 0.717) is 0 Å². The van der Waals surface area contributed by atoms with Crippen molar-refractivity contribution in [3.8, 4) is 0 Å². The standard InChI is InChI=1S/C19H26N2/c1-17-9-11-18(12-10-17)15-20-13-6-14-21(2)16-19-7-4-3-5-8-19/h3-5,7-12,20H,6,13-16H2,1-2H3. The van der Waals surface area contributed by atoms with Crippen molar-refractivity contribution >= 4 is 0 Å². The molecule has 0 saturated heterocycles. The van der Waals surface area contributed by atoms with Crippen LogP contribution in [0.15, 0.2) is 54.6 Å². The van der Waals surface area contributed by atoms with Gasteiger partial charge in [-0.05, 0) is 44.6 Å². The minimum Gasteiger partial charge on any atom is -0.313 e. The molecule has 0 bridgehead atoms. The first-order valence-corrected chi connectivity index (χ1v) is 7.73. The van der Waals surface area contributed by atoms with Gasteiger partial charge in [0, 0.05) is 13.1 Å². The van der Waals surface area contributed by atoms with E-state index in [4.69, 9.17) is 0 Å². The van der Waals surface area contributed by atoms with E-state index in [9.17, 15) is 0 Å². The van der Waals surface area contributed by atoms with Crippen LogP contribution in [0.4, 0.5) is 0 Å². The van der Waals surface area contributed by atoms with Crippen molar-refractivity contribution in [3.63, 3.8) is 0 Å². The zero-order chi connectivity index (χ0) is 14.9. The highest BCUT2D eigenvalue weighted by Crippen LogP contribution is 2.04. The molecule has 0 aliphatic rings. The van der Waals surface area contributed by atoms with Gasteiger partial charge in [-0.3, -0.25) is 0 Å². The van der Waals surface area contributed by atoms with Crippen molar-refractivity contribution in [2.75, 3.05) is 20.1 Å². The lowest BCUT2D eigenvalue weighted by molar-refractivity contribution is 0.319. The maximum Gasteiger partial charge on any atom is 0.0230 e. The van der Waals surface area contributed by atoms with Crippen LogP contribution in [0.2, 0.25) is 0 Å². The van der Waals surface area contributed by atoms with Gasteiger partial charge in [-0.1, -0.05) is 60.2 Å². The van der Waals surface area contributed by atoms with Crippen molar-refractivity contribution in [1.82, 2.24) is 10.2 Å². The SMILES string of the molecule is Cc1ccc(CNCCCN(C)Cc2ccccc2)cc1. The summed E-state index contributed by atoms with van der Waals surface area (Å²) in [4.78, 5) is 2.38. The summed E-state index contributed by atoms with van der Waals surface area (Å²) in [6.07, 6.45) is 1.18. The molecule has 0 atom stereocenters. The van der Waals surface area contributed by atoms with E-state index in [-0.39, 0.29) is 0 Å². The van der Waals surface area contributed by atoms with E-state index < -0.39 is 0 Å². The molecule has 2 nitrogen and oxygen atoms in total. The largest absolute Gasteiger partial charge is 0.313 e. The second kappa shape index (κ2) is 8.60. The smallest absolute Gasteiger partial charge is 0.0230 e. The Kier molecular flexibility index (Phi) is 6.45. The quantitative estimate of drug-likeness (QED) is 0.744. The first-order valence-electron chi connectivity index (χ1n) is 7.73. The van der Waals surface area contributed by atoms with E-state index in [1.807, 2.05) is 0 Å². The lowest BCUT2D eigenvalue weighted by Gasteiger charge is -2.16. The molecule has 0 spiro atoms. The Balaban J connectivity index is 1.58. The number of nitrogens with zero attached hydrogens (tertiary/aromatic N) is 1. The average Bonchev–Trinajstić information content (AvgIpc) is 2.50. The van der Waals surface area contributed by atoms with Crippen molar-refractivity contribution in [1.29, 1.82) is 0 Å². The summed E-state index contributed by atoms with van der Waals surface area (Å²) < 4.78 is 0. The Hall–Kier alpha value is -1.64. The van der Waals surface area contributed by atoms with Crippen molar-refractivity contribution < 1.29 is 0 Å². The molecule has 21 heavy (non-hydrogen) atoms. The molecular formula is C19H26N2. The maximum atomic E-state index is 3.51. The lowest BCUT2D eigenvalue weighted by Crippen LogP contribution is -2.23. The third-order valence-corrected chi connectivity index (χ3v) is 3.64. The van der Waals surface area contributed by atoms with E-state index in [0.717, 1.165) is 26.2 Å². The van der Waals surface area contributed by atoms with Gasteiger partial charge in [-0.15, -0.1) is 0 Å². The summed E-state index contributed by atoms with van der Waals surface area (Å²) in [6.45, 7) is 6.30. The lowest BCUT2D eigenvalue weighted by atomic mass is 10.1. The molecule has 1 N–H and O–H groups in total. The van der Waals surface area contributed by atoms with Gasteiger partial charge in [0.1, 0.15) is 0 Å². The Morgan fingerprint density at radius 2 is 1.62 bits per heavy atom. The van der Waals surface area contributed by atoms with Gasteiger partial charge >= 0.3 is 0 Å². The van der Waals surface area contributed by atoms with E-state index in [1.54, 1.807) is 0 Å². The molecule has 2 aromatic carbocycles. The Morgan fingerprint density at radius 1 is 0.905 bits per heavy atom. The average molecular weight is 282 g/mol. The monoisotopic (exact) mass is 282 g/mol. The first kappa shape index (κ1) is 15.7. The van der Waals surface area contributed by atoms with Crippen molar-refractivity contribution in [2.45, 2.75) is 26.4 Å². The van der Waals surface area contributed by atoms with E-state index >= 15 is 0 Å². The second-order valence-electron chi connectivity index (χ2n) is 5.74. The molecule has 2 heteroatoms. The van der Waals surface area contributed by atoms with Crippen LogP contribution in [0.25, 0.3) is 0 Å². The van der Waals surface area contributed by atoms with Crippen LogP contribution in [0.3, 0.4) is 0 Å². The maximum absolute atomic E-state index is 3.51. The molecule has 0 amide bonds. The van der Waals surface area contributed by atoms with Gasteiger partial charge in [-0.25, -0.2) is 0 Å². The topological polar surface area (TPSA) is 15.3 Å². The third kappa shape index (κ3) is 6.11. The summed E-state index contributed by atoms with van der Waals surface area (Å²) in [5, 5.41) is 3.51. The molecular weight excluding hydrogens is 256 g/mol. The number of aryl methyl sites for hydroxylation is 1. The van der Waals surface area contributed by atoms with Gasteiger partial charge in [0.05, 0.1) is 0 Å². The molecule has 0 aromatic heterocycles. The minimum atomic E-state index is 0.961. The molecule has 0 heterocycles. The van der Waals surface area contributed by atoms with Gasteiger partial charge in [0.2, 0.25) is 0 Å². The van der Waals surface area contributed by atoms with E-state index in [1.165, 1.54) is 23.1 Å². The van der Waals surface area contributed by atoms with E-state index in [2.05, 4.69) is 78.8 Å². The highest BCUT2D eigenvalue weighted by Gasteiger charge is 1.99. The predicted molar refractivity (Wildman–Crippen MR) is 90.3 cm³/mol. The van der Waals surface area contributed by atoms with Crippen LogP contribution < -0.4 is 5.32 Å². The van der Waals surface area contributed by atoms with Crippen molar-refractivity contribution in [2.24, 2.45) is 0 Å². The number of hydrogen-bond donors (Lipinski definition) is 1. The second-order valence-corrected chi connectivity index (χ2v) is 5.74. The summed E-state index contributed by atoms with van der Waals surface area (Å²) in [5.74, 6) is 0. The predicted octanol–water partition coefficient (Wildman–Crippen LogP) is 3.61. The number of hydrogen-bond acceptors (Lipinski definition) is 2. The number of benzene rings is 2. The molecule has 2 aromatic rings. The van der Waals surface area contributed by atoms with Gasteiger partial charge in [-0.2, -0.15) is 0 Å². The fourth-order valence-corrected chi connectivity index (χ4v) is 2.39. The van der Waals surface area contributed by atoms with Crippen LogP contribution in [0.5, 0.6) is 0 Å². The highest BCUT2D eigenvalue weighted by atomic mass is 15.1. The summed E-state index contributed by atoms with van der Waals surface area (Å²) in [7, 11) is 2.19. The highest BCUT2D eigenvalue weighted by molar-refractivity contribution is 5.21. The fraction of sp³-hybridized carbons (Fsp3) is 0.368. The van der Waals surface area contributed by atoms with Crippen LogP contribution >= 0.6 is 0 Å². The van der Waals surface area contributed by atoms with Crippen molar-refractivity contribution in [3.05, 3.63) is 71.3 Å². The Morgan fingerprint density at radius 3 is 2.33 bits per heavy atom. The van der Waals surface area contributed by atoms with Gasteiger partial charge in [0.15, 0.2) is 0 Å². The number of rotatable bonds is 8. The molecule has 2 rings (SSSR count). The van der Waals surface area contributed by atoms with Gasteiger partial charge in [0.25, 0.3) is 0 Å². The summed E-state index contributed by atoms with van der Waals surface area (Å²) in [6, 6.07) is 19.4. The third-order valence-electron chi connectivity index (χ3n) is 3.64. The molecule has 0 aliphatic carbocycles. The first-order chi connectivity index (χ1) is 10.2. The summed E-state index contributed by atoms with van der Waals surface area (Å²) in [5.41, 5.74) is 4.06. The van der Waals surface area contributed by atoms with Crippen LogP contribution in [-0.4, -0.2) is 25.0 Å². The molecule has 112 valence electrons. The molecule has 0 unspecified atom stereocenters. The zero-order valence-electron chi connectivity index (χ0n) is 13.2. The molecule has 0 saturated carbocycles.